The molecule has 0 atom stereocenters. The van der Waals surface area contributed by atoms with E-state index in [4.69, 9.17) is 0 Å². The molecular weight excluding hydrogens is 196 g/mol. The fourth-order valence-corrected chi connectivity index (χ4v) is 1.84. The van der Waals surface area contributed by atoms with E-state index in [0.29, 0.717) is 5.75 Å². The van der Waals surface area contributed by atoms with Crippen molar-refractivity contribution in [2.24, 2.45) is 0 Å². The summed E-state index contributed by atoms with van der Waals surface area (Å²) in [6.45, 7) is 16.6. The van der Waals surface area contributed by atoms with E-state index in [9.17, 15) is 5.11 Å². The van der Waals surface area contributed by atoms with Crippen LogP contribution in [0, 0.1) is 6.92 Å². The van der Waals surface area contributed by atoms with Crippen LogP contribution in [0.4, 0.5) is 0 Å². The number of aromatic hydroxyl groups is 1. The van der Waals surface area contributed by atoms with E-state index in [1.165, 1.54) is 0 Å². The van der Waals surface area contributed by atoms with Crippen molar-refractivity contribution < 1.29 is 5.11 Å². The van der Waals surface area contributed by atoms with E-state index >= 15 is 0 Å². The second kappa shape index (κ2) is 3.80. The average molecular weight is 219 g/mol. The number of rotatable bonds is 0. The fourth-order valence-electron chi connectivity index (χ4n) is 1.84. The molecule has 0 unspecified atom stereocenters. The molecule has 1 rings (SSSR count). The zero-order valence-electron chi connectivity index (χ0n) is 11.3. The van der Waals surface area contributed by atoms with E-state index in [2.05, 4.69) is 48.5 Å². The molecule has 1 aromatic carbocycles. The Kier molecular flexibility index (Phi) is 3.11. The van der Waals surface area contributed by atoms with Gasteiger partial charge in [-0.1, -0.05) is 53.7 Å². The van der Waals surface area contributed by atoms with Crippen molar-refractivity contribution in [3.8, 4) is 5.75 Å². The molecule has 89 valence electrons. The van der Waals surface area contributed by atoms with Crippen molar-refractivity contribution in [3.05, 3.63) is 35.7 Å². The molecule has 0 aliphatic heterocycles. The first-order valence-corrected chi connectivity index (χ1v) is 5.73. The maximum Gasteiger partial charge on any atom is 0.123 e. The second-order valence-electron chi connectivity index (χ2n) is 6.54. The van der Waals surface area contributed by atoms with E-state index in [1.807, 2.05) is 12.1 Å². The molecule has 16 heavy (non-hydrogen) atoms. The normalized spacial score (nSPS) is 12.9. The van der Waals surface area contributed by atoms with E-state index < -0.39 is 0 Å². The number of hydrogen-bond donors (Lipinski definition) is 1. The first-order valence-electron chi connectivity index (χ1n) is 5.73. The summed E-state index contributed by atoms with van der Waals surface area (Å²) in [5.74, 6) is 0.424. The van der Waals surface area contributed by atoms with Crippen molar-refractivity contribution in [1.29, 1.82) is 0 Å². The average Bonchev–Trinajstić information content (AvgIpc) is 2.04. The molecule has 0 heterocycles. The Labute approximate surface area is 99.5 Å². The number of phenols is 1. The van der Waals surface area contributed by atoms with Crippen molar-refractivity contribution in [1.82, 2.24) is 0 Å². The van der Waals surface area contributed by atoms with E-state index in [0.717, 1.165) is 16.7 Å². The van der Waals surface area contributed by atoms with Gasteiger partial charge >= 0.3 is 0 Å². The van der Waals surface area contributed by atoms with Crippen LogP contribution in [0.15, 0.2) is 12.1 Å². The van der Waals surface area contributed by atoms with Crippen LogP contribution in [0.2, 0.25) is 0 Å². The van der Waals surface area contributed by atoms with Crippen LogP contribution in [0.5, 0.6) is 5.75 Å². The quantitative estimate of drug-likeness (QED) is 0.694. The van der Waals surface area contributed by atoms with Gasteiger partial charge < -0.3 is 5.11 Å². The van der Waals surface area contributed by atoms with Crippen molar-refractivity contribution in [3.63, 3.8) is 0 Å². The number of benzene rings is 1. The van der Waals surface area contributed by atoms with Gasteiger partial charge in [-0.2, -0.15) is 0 Å². The van der Waals surface area contributed by atoms with Gasteiger partial charge in [-0.25, -0.2) is 0 Å². The van der Waals surface area contributed by atoms with Gasteiger partial charge in [0.1, 0.15) is 5.75 Å². The summed E-state index contributed by atoms with van der Waals surface area (Å²) in [5, 5.41) is 10.4. The summed E-state index contributed by atoms with van der Waals surface area (Å²) >= 11 is 0. The highest BCUT2D eigenvalue weighted by Crippen LogP contribution is 2.39. The third kappa shape index (κ3) is 2.58. The Bertz CT molecular complexity index is 354. The number of hydrogen-bond acceptors (Lipinski definition) is 1. The molecule has 1 heteroatoms. The predicted molar refractivity (Wildman–Crippen MR) is 70.0 cm³/mol. The molecule has 0 aromatic heterocycles. The molecule has 0 saturated heterocycles. The van der Waals surface area contributed by atoms with Crippen LogP contribution in [0.3, 0.4) is 0 Å². The third-order valence-corrected chi connectivity index (χ3v) is 2.79. The molecule has 1 aromatic rings. The van der Waals surface area contributed by atoms with Crippen molar-refractivity contribution in [2.75, 3.05) is 0 Å². The SMILES string of the molecule is [CH2]c1cc(C(C)(C)C)c(O)c(C(C)(C)C)c1. The smallest absolute Gasteiger partial charge is 0.123 e. The van der Waals surface area contributed by atoms with Crippen LogP contribution >= 0.6 is 0 Å². The van der Waals surface area contributed by atoms with Crippen molar-refractivity contribution >= 4 is 0 Å². The van der Waals surface area contributed by atoms with Crippen LogP contribution in [-0.4, -0.2) is 5.11 Å². The maximum atomic E-state index is 10.4. The first kappa shape index (κ1) is 13.1. The van der Waals surface area contributed by atoms with Gasteiger partial charge in [-0.15, -0.1) is 0 Å². The molecule has 0 spiro atoms. The van der Waals surface area contributed by atoms with Gasteiger partial charge in [0.15, 0.2) is 0 Å². The predicted octanol–water partition coefficient (Wildman–Crippen LogP) is 4.17. The summed E-state index contributed by atoms with van der Waals surface area (Å²) in [7, 11) is 0. The highest BCUT2D eigenvalue weighted by Gasteiger charge is 2.25. The molecular formula is C15H23O. The highest BCUT2D eigenvalue weighted by molar-refractivity contribution is 5.50. The van der Waals surface area contributed by atoms with Gasteiger partial charge in [-0.3, -0.25) is 0 Å². The molecule has 1 radical (unpaired) electrons. The van der Waals surface area contributed by atoms with Crippen LogP contribution in [-0.2, 0) is 10.8 Å². The van der Waals surface area contributed by atoms with Crippen LogP contribution in [0.25, 0.3) is 0 Å². The summed E-state index contributed by atoms with van der Waals surface area (Å²) in [4.78, 5) is 0. The summed E-state index contributed by atoms with van der Waals surface area (Å²) in [5.41, 5.74) is 2.80. The minimum atomic E-state index is -0.0578. The van der Waals surface area contributed by atoms with Gasteiger partial charge in [0.25, 0.3) is 0 Å². The minimum Gasteiger partial charge on any atom is -0.507 e. The van der Waals surface area contributed by atoms with E-state index in [1.54, 1.807) is 0 Å². The molecule has 0 saturated carbocycles. The fraction of sp³-hybridized carbons (Fsp3) is 0.533. The Morgan fingerprint density at radius 2 is 1.19 bits per heavy atom. The maximum absolute atomic E-state index is 10.4. The Morgan fingerprint density at radius 3 is 1.44 bits per heavy atom. The van der Waals surface area contributed by atoms with Crippen LogP contribution < -0.4 is 0 Å². The molecule has 0 aliphatic rings. The largest absolute Gasteiger partial charge is 0.507 e. The lowest BCUT2D eigenvalue weighted by Crippen LogP contribution is -2.17. The lowest BCUT2D eigenvalue weighted by molar-refractivity contribution is 0.423. The lowest BCUT2D eigenvalue weighted by atomic mass is 9.78. The summed E-state index contributed by atoms with van der Waals surface area (Å²) in [6.07, 6.45) is 0. The zero-order valence-corrected chi connectivity index (χ0v) is 11.3. The van der Waals surface area contributed by atoms with Gasteiger partial charge in [0.2, 0.25) is 0 Å². The summed E-state index contributed by atoms with van der Waals surface area (Å²) < 4.78 is 0. The lowest BCUT2D eigenvalue weighted by Gasteiger charge is -2.27. The van der Waals surface area contributed by atoms with Crippen molar-refractivity contribution in [2.45, 2.75) is 52.4 Å². The summed E-state index contributed by atoms with van der Waals surface area (Å²) in [6, 6.07) is 3.95. The van der Waals surface area contributed by atoms with Crippen LogP contribution in [0.1, 0.15) is 58.2 Å². The monoisotopic (exact) mass is 219 g/mol. The molecule has 0 fully saturated rings. The highest BCUT2D eigenvalue weighted by atomic mass is 16.3. The molecule has 0 aliphatic carbocycles. The van der Waals surface area contributed by atoms with Gasteiger partial charge in [0, 0.05) is 0 Å². The van der Waals surface area contributed by atoms with E-state index in [-0.39, 0.29) is 10.8 Å². The molecule has 1 N–H and O–H groups in total. The molecule has 0 bridgehead atoms. The Balaban J connectivity index is 3.51. The Hall–Kier alpha value is -0.980. The first-order chi connectivity index (χ1) is 7.03. The van der Waals surface area contributed by atoms with Gasteiger partial charge in [0.05, 0.1) is 0 Å². The number of phenolic OH excluding ortho intramolecular Hbond substituents is 1. The standard InChI is InChI=1S/C15H23O/c1-10-8-11(14(2,3)4)13(16)12(9-10)15(5,6)7/h8-9,16H,1H2,2-7H3. The Morgan fingerprint density at radius 1 is 0.875 bits per heavy atom. The zero-order chi connectivity index (χ0) is 12.7. The second-order valence-corrected chi connectivity index (χ2v) is 6.54. The van der Waals surface area contributed by atoms with Gasteiger partial charge in [-0.05, 0) is 34.4 Å². The molecule has 0 amide bonds. The molecule has 1 nitrogen and oxygen atoms in total. The minimum absolute atomic E-state index is 0.0578. The third-order valence-electron chi connectivity index (χ3n) is 2.79. The topological polar surface area (TPSA) is 20.2 Å².